The molecule has 1 aliphatic heterocycles. The Balaban J connectivity index is 1.43. The van der Waals surface area contributed by atoms with Gasteiger partial charge in [-0.15, -0.1) is 0 Å². The minimum atomic E-state index is -0.117. The summed E-state index contributed by atoms with van der Waals surface area (Å²) in [6.45, 7) is 8.67. The number of pyridine rings is 1. The van der Waals surface area contributed by atoms with Crippen LogP contribution in [0, 0.1) is 6.92 Å². The maximum absolute atomic E-state index is 13.8. The fraction of sp³-hybridized carbons (Fsp3) is 0.419. The molecule has 39 heavy (non-hydrogen) atoms. The summed E-state index contributed by atoms with van der Waals surface area (Å²) < 4.78 is 7.15. The highest BCUT2D eigenvalue weighted by atomic mass is 16.5. The van der Waals surface area contributed by atoms with Crippen molar-refractivity contribution in [3.63, 3.8) is 0 Å². The Morgan fingerprint density at radius 3 is 2.51 bits per heavy atom. The highest BCUT2D eigenvalue weighted by Crippen LogP contribution is 2.27. The second kappa shape index (κ2) is 11.9. The van der Waals surface area contributed by atoms with Gasteiger partial charge in [-0.05, 0) is 87.9 Å². The number of benzene rings is 1. The molecule has 1 amide bonds. The van der Waals surface area contributed by atoms with Crippen molar-refractivity contribution >= 4 is 17.2 Å². The molecule has 8 heteroatoms. The summed E-state index contributed by atoms with van der Waals surface area (Å²) in [5.41, 5.74) is 5.09. The molecule has 1 aliphatic rings. The predicted molar refractivity (Wildman–Crippen MR) is 150 cm³/mol. The third-order valence-electron chi connectivity index (χ3n) is 7.66. The molecular weight excluding hydrogens is 490 g/mol. The van der Waals surface area contributed by atoms with Crippen molar-refractivity contribution in [3.05, 3.63) is 88.3 Å². The van der Waals surface area contributed by atoms with Gasteiger partial charge in [0.05, 0.1) is 5.69 Å². The van der Waals surface area contributed by atoms with Crippen LogP contribution in [0.1, 0.15) is 94.7 Å². The van der Waals surface area contributed by atoms with Gasteiger partial charge >= 0.3 is 0 Å². The molecule has 4 heterocycles. The van der Waals surface area contributed by atoms with Gasteiger partial charge in [-0.2, -0.15) is 4.98 Å². The molecule has 0 bridgehead atoms. The smallest absolute Gasteiger partial charge is 0.254 e. The van der Waals surface area contributed by atoms with Crippen LogP contribution in [0.4, 0.5) is 0 Å². The molecule has 0 spiro atoms. The first-order valence-electron chi connectivity index (χ1n) is 14.1. The molecule has 0 unspecified atom stereocenters. The Morgan fingerprint density at radius 2 is 1.85 bits per heavy atom. The lowest BCUT2D eigenvalue weighted by Crippen LogP contribution is -2.30. The van der Waals surface area contributed by atoms with Gasteiger partial charge in [0.1, 0.15) is 6.54 Å². The zero-order valence-corrected chi connectivity index (χ0v) is 23.1. The summed E-state index contributed by atoms with van der Waals surface area (Å²) in [4.78, 5) is 33.1. The molecule has 1 saturated heterocycles. The van der Waals surface area contributed by atoms with Crippen LogP contribution < -0.4 is 5.32 Å². The van der Waals surface area contributed by atoms with Gasteiger partial charge in [-0.25, -0.2) is 0 Å². The van der Waals surface area contributed by atoms with Crippen molar-refractivity contribution in [2.75, 3.05) is 19.6 Å². The maximum atomic E-state index is 13.8. The quantitative estimate of drug-likeness (QED) is 0.280. The number of hydrogen-bond donors (Lipinski definition) is 1. The minimum absolute atomic E-state index is 0.0130. The van der Waals surface area contributed by atoms with Crippen LogP contribution in [0.25, 0.3) is 5.52 Å². The molecule has 0 saturated carbocycles. The van der Waals surface area contributed by atoms with E-state index in [1.807, 2.05) is 35.7 Å². The SMILES string of the molecule is CCCCc1cc2cc(C(=O)N(CC)Cc3nc(C)no3)ccn2c1C(=O)c1ccc(C2CCNCC2)cc1. The normalized spacial score (nSPS) is 14.1. The van der Waals surface area contributed by atoms with Crippen molar-refractivity contribution in [2.24, 2.45) is 0 Å². The lowest BCUT2D eigenvalue weighted by molar-refractivity contribution is 0.0734. The van der Waals surface area contributed by atoms with Crippen molar-refractivity contribution in [1.29, 1.82) is 0 Å². The van der Waals surface area contributed by atoms with E-state index in [2.05, 4.69) is 40.6 Å². The van der Waals surface area contributed by atoms with E-state index in [1.165, 1.54) is 5.56 Å². The second-order valence-electron chi connectivity index (χ2n) is 10.4. The van der Waals surface area contributed by atoms with Crippen LogP contribution in [-0.2, 0) is 13.0 Å². The van der Waals surface area contributed by atoms with E-state index >= 15 is 0 Å². The topological polar surface area (TPSA) is 92.7 Å². The zero-order valence-electron chi connectivity index (χ0n) is 23.1. The Labute approximate surface area is 229 Å². The average Bonchev–Trinajstić information content (AvgIpc) is 3.56. The van der Waals surface area contributed by atoms with E-state index in [-0.39, 0.29) is 18.2 Å². The summed E-state index contributed by atoms with van der Waals surface area (Å²) in [7, 11) is 0. The molecule has 0 aliphatic carbocycles. The van der Waals surface area contributed by atoms with Gasteiger partial charge in [-0.1, -0.05) is 42.8 Å². The lowest BCUT2D eigenvalue weighted by atomic mass is 9.89. The number of nitrogens with one attached hydrogen (secondary N) is 1. The summed E-state index contributed by atoms with van der Waals surface area (Å²) >= 11 is 0. The zero-order chi connectivity index (χ0) is 27.4. The number of fused-ring (bicyclic) bond motifs is 1. The molecule has 204 valence electrons. The number of aryl methyl sites for hydroxylation is 2. The largest absolute Gasteiger partial charge is 0.337 e. The van der Waals surface area contributed by atoms with Crippen molar-refractivity contribution < 1.29 is 14.1 Å². The number of amides is 1. The summed E-state index contributed by atoms with van der Waals surface area (Å²) in [5.74, 6) is 1.40. The van der Waals surface area contributed by atoms with Crippen LogP contribution >= 0.6 is 0 Å². The number of piperidine rings is 1. The predicted octanol–water partition coefficient (Wildman–Crippen LogP) is 5.33. The van der Waals surface area contributed by atoms with E-state index in [9.17, 15) is 9.59 Å². The number of carbonyl (C=O) groups excluding carboxylic acids is 2. The fourth-order valence-corrected chi connectivity index (χ4v) is 5.46. The molecule has 3 aromatic heterocycles. The standard InChI is InChI=1S/C31H37N5O3/c1-4-6-7-25-18-27-19-26(31(38)35(5-2)20-28-33-21(3)34-39-28)14-17-36(27)29(25)30(37)24-10-8-22(9-11-24)23-12-15-32-16-13-23/h8-11,14,17-19,23,32H,4-7,12-13,15-16,20H2,1-3H3. The first kappa shape index (κ1) is 26.8. The number of nitrogens with zero attached hydrogens (tertiary/aromatic N) is 4. The van der Waals surface area contributed by atoms with Crippen LogP contribution in [0.5, 0.6) is 0 Å². The van der Waals surface area contributed by atoms with Gasteiger partial charge in [0.25, 0.3) is 5.91 Å². The van der Waals surface area contributed by atoms with Crippen molar-refractivity contribution in [2.45, 2.75) is 65.3 Å². The van der Waals surface area contributed by atoms with E-state index in [1.54, 1.807) is 17.9 Å². The van der Waals surface area contributed by atoms with Crippen LogP contribution in [0.3, 0.4) is 0 Å². The van der Waals surface area contributed by atoms with E-state index in [4.69, 9.17) is 4.52 Å². The van der Waals surface area contributed by atoms with Crippen LogP contribution in [0.15, 0.2) is 53.2 Å². The molecule has 8 nitrogen and oxygen atoms in total. The van der Waals surface area contributed by atoms with E-state index in [0.717, 1.165) is 56.3 Å². The van der Waals surface area contributed by atoms with Gasteiger partial charge in [0.15, 0.2) is 5.82 Å². The Morgan fingerprint density at radius 1 is 1.08 bits per heavy atom. The summed E-state index contributed by atoms with van der Waals surface area (Å²) in [6.07, 6.45) is 6.94. The Bertz CT molecular complexity index is 1450. The molecule has 5 rings (SSSR count). The highest BCUT2D eigenvalue weighted by molar-refractivity contribution is 6.10. The average molecular weight is 528 g/mol. The third kappa shape index (κ3) is 5.81. The van der Waals surface area contributed by atoms with Gasteiger partial charge in [0.2, 0.25) is 11.7 Å². The van der Waals surface area contributed by atoms with Gasteiger partial charge in [-0.3, -0.25) is 9.59 Å². The number of carbonyl (C=O) groups is 2. The second-order valence-corrected chi connectivity index (χ2v) is 10.4. The molecular formula is C31H37N5O3. The number of hydrogen-bond acceptors (Lipinski definition) is 6. The number of aromatic nitrogens is 3. The third-order valence-corrected chi connectivity index (χ3v) is 7.66. The molecule has 1 N–H and O–H groups in total. The molecule has 1 aromatic carbocycles. The fourth-order valence-electron chi connectivity index (χ4n) is 5.46. The number of unbranched alkanes of at least 4 members (excludes halogenated alkanes) is 1. The molecule has 4 aromatic rings. The number of ketones is 1. The molecule has 0 atom stereocenters. The van der Waals surface area contributed by atoms with E-state index in [0.29, 0.717) is 41.0 Å². The lowest BCUT2D eigenvalue weighted by Gasteiger charge is -2.23. The van der Waals surface area contributed by atoms with Crippen LogP contribution in [0.2, 0.25) is 0 Å². The summed E-state index contributed by atoms with van der Waals surface area (Å²) in [6, 6.07) is 13.9. The van der Waals surface area contributed by atoms with Crippen molar-refractivity contribution in [3.8, 4) is 0 Å². The first-order valence-corrected chi connectivity index (χ1v) is 14.1. The monoisotopic (exact) mass is 527 g/mol. The minimum Gasteiger partial charge on any atom is -0.337 e. The van der Waals surface area contributed by atoms with Gasteiger partial charge in [0, 0.05) is 29.4 Å². The Hall–Kier alpha value is -3.78. The van der Waals surface area contributed by atoms with Crippen LogP contribution in [-0.4, -0.2) is 50.8 Å². The first-order chi connectivity index (χ1) is 19.0. The molecule has 1 fully saturated rings. The summed E-state index contributed by atoms with van der Waals surface area (Å²) in [5, 5.41) is 7.24. The van der Waals surface area contributed by atoms with Crippen molar-refractivity contribution in [1.82, 2.24) is 24.8 Å². The van der Waals surface area contributed by atoms with Gasteiger partial charge < -0.3 is 19.1 Å². The van der Waals surface area contributed by atoms with E-state index < -0.39 is 0 Å². The Kier molecular flexibility index (Phi) is 8.21. The number of rotatable bonds is 10. The molecule has 0 radical (unpaired) electrons. The maximum Gasteiger partial charge on any atom is 0.254 e. The highest BCUT2D eigenvalue weighted by Gasteiger charge is 2.23.